The molecule has 0 fully saturated rings. The first-order valence-corrected chi connectivity index (χ1v) is 7.71. The highest BCUT2D eigenvalue weighted by molar-refractivity contribution is 7.22. The summed E-state index contributed by atoms with van der Waals surface area (Å²) in [6.45, 7) is 1.80. The Morgan fingerprint density at radius 3 is 2.96 bits per heavy atom. The van der Waals surface area contributed by atoms with Gasteiger partial charge < -0.3 is 10.1 Å². The van der Waals surface area contributed by atoms with Gasteiger partial charge in [-0.15, -0.1) is 5.10 Å². The molecule has 0 saturated carbocycles. The summed E-state index contributed by atoms with van der Waals surface area (Å²) in [4.78, 5) is 26.7. The highest BCUT2D eigenvalue weighted by Gasteiger charge is 2.21. The lowest BCUT2D eigenvalue weighted by molar-refractivity contribution is -0.385. The van der Waals surface area contributed by atoms with Crippen LogP contribution in [0.4, 0.5) is 10.8 Å². The molecule has 0 atom stereocenters. The number of carbonyl (C=O) groups excluding carboxylic acids is 1. The Balaban J connectivity index is 1.74. The molecule has 124 valence electrons. The topological polar surface area (TPSA) is 112 Å². The largest absolute Gasteiger partial charge is 0.475 e. The lowest BCUT2D eigenvalue weighted by Gasteiger charge is -2.00. The number of thiazole rings is 1. The number of rotatable bonds is 5. The molecular formula is C14H13N5O4S. The fraction of sp³-hybridized carbons (Fsp3) is 0.214. The molecule has 2 aromatic heterocycles. The number of hydrogen-bond donors (Lipinski definition) is 1. The number of ether oxygens (including phenoxy) is 1. The van der Waals surface area contributed by atoms with Crippen LogP contribution in [-0.4, -0.2) is 32.7 Å². The monoisotopic (exact) mass is 347 g/mol. The molecule has 9 nitrogen and oxygen atoms in total. The third-order valence-corrected chi connectivity index (χ3v) is 4.13. The van der Waals surface area contributed by atoms with Gasteiger partial charge in [-0.2, -0.15) is 0 Å². The van der Waals surface area contributed by atoms with E-state index in [-0.39, 0.29) is 24.0 Å². The van der Waals surface area contributed by atoms with Crippen LogP contribution in [0.5, 0.6) is 5.88 Å². The molecule has 2 heterocycles. The van der Waals surface area contributed by atoms with Crippen molar-refractivity contribution in [3.05, 3.63) is 40.1 Å². The highest BCUT2D eigenvalue weighted by Crippen LogP contribution is 2.27. The molecular weight excluding hydrogens is 334 g/mol. The average Bonchev–Trinajstić information content (AvgIpc) is 3.09. The van der Waals surface area contributed by atoms with Crippen molar-refractivity contribution in [2.45, 2.75) is 13.5 Å². The van der Waals surface area contributed by atoms with E-state index < -0.39 is 4.92 Å². The molecule has 1 amide bonds. The number of aryl methyl sites for hydroxylation is 1. The number of carbonyl (C=O) groups is 1. The fourth-order valence-electron chi connectivity index (χ4n) is 2.14. The molecule has 0 radical (unpaired) electrons. The number of nitrogens with one attached hydrogen (secondary N) is 1. The molecule has 0 unspecified atom stereocenters. The van der Waals surface area contributed by atoms with E-state index in [0.29, 0.717) is 5.13 Å². The Morgan fingerprint density at radius 2 is 2.29 bits per heavy atom. The van der Waals surface area contributed by atoms with E-state index in [1.54, 1.807) is 0 Å². The van der Waals surface area contributed by atoms with Gasteiger partial charge in [0, 0.05) is 0 Å². The molecule has 0 spiro atoms. The van der Waals surface area contributed by atoms with Gasteiger partial charge in [-0.25, -0.2) is 4.98 Å². The summed E-state index contributed by atoms with van der Waals surface area (Å²) in [5, 5.41) is 17.9. The van der Waals surface area contributed by atoms with Crippen molar-refractivity contribution in [1.29, 1.82) is 0 Å². The number of nitrogens with zero attached hydrogens (tertiary/aromatic N) is 4. The summed E-state index contributed by atoms with van der Waals surface area (Å²) >= 11 is 1.36. The molecule has 24 heavy (non-hydrogen) atoms. The van der Waals surface area contributed by atoms with Gasteiger partial charge in [0.15, 0.2) is 5.13 Å². The van der Waals surface area contributed by atoms with E-state index in [0.717, 1.165) is 26.7 Å². The molecule has 10 heteroatoms. The van der Waals surface area contributed by atoms with Gasteiger partial charge in [-0.1, -0.05) is 17.4 Å². The van der Waals surface area contributed by atoms with Gasteiger partial charge in [0.25, 0.3) is 0 Å². The zero-order chi connectivity index (χ0) is 17.3. The van der Waals surface area contributed by atoms with Crippen LogP contribution in [-0.2, 0) is 11.3 Å². The minimum atomic E-state index is -0.615. The van der Waals surface area contributed by atoms with Crippen LogP contribution in [0.1, 0.15) is 5.56 Å². The van der Waals surface area contributed by atoms with Crippen LogP contribution in [0.25, 0.3) is 10.2 Å². The third kappa shape index (κ3) is 3.18. The normalized spacial score (nSPS) is 10.8. The molecule has 0 aliphatic carbocycles. The molecule has 3 aromatic rings. The maximum atomic E-state index is 12.1. The van der Waals surface area contributed by atoms with Gasteiger partial charge in [-0.3, -0.25) is 19.6 Å². The summed E-state index contributed by atoms with van der Waals surface area (Å²) < 4.78 is 6.95. The summed E-state index contributed by atoms with van der Waals surface area (Å²) in [5.74, 6) is -0.519. The molecule has 0 aliphatic heterocycles. The van der Waals surface area contributed by atoms with Crippen LogP contribution >= 0.6 is 11.3 Å². The van der Waals surface area contributed by atoms with Gasteiger partial charge in [0.05, 0.1) is 22.2 Å². The zero-order valence-electron chi connectivity index (χ0n) is 12.8. The number of anilines is 1. The van der Waals surface area contributed by atoms with E-state index in [1.165, 1.54) is 18.4 Å². The predicted molar refractivity (Wildman–Crippen MR) is 88.4 cm³/mol. The number of aromatic nitrogens is 3. The maximum Gasteiger partial charge on any atom is 0.350 e. The minimum absolute atomic E-state index is 0.136. The van der Waals surface area contributed by atoms with E-state index in [2.05, 4.69) is 15.4 Å². The Labute approximate surface area is 140 Å². The quantitative estimate of drug-likeness (QED) is 0.560. The Hall–Kier alpha value is -3.01. The Bertz CT molecular complexity index is 933. The fourth-order valence-corrected chi connectivity index (χ4v) is 3.12. The molecule has 0 aliphatic rings. The minimum Gasteiger partial charge on any atom is -0.475 e. The van der Waals surface area contributed by atoms with Crippen molar-refractivity contribution < 1.29 is 14.5 Å². The number of nitro groups is 1. The number of fused-ring (bicyclic) bond motifs is 1. The maximum absolute atomic E-state index is 12.1. The second-order valence-electron chi connectivity index (χ2n) is 5.02. The van der Waals surface area contributed by atoms with Crippen LogP contribution in [0.15, 0.2) is 24.4 Å². The van der Waals surface area contributed by atoms with Gasteiger partial charge in [0.1, 0.15) is 12.7 Å². The lowest BCUT2D eigenvalue weighted by atomic mass is 10.2. The van der Waals surface area contributed by atoms with Crippen molar-refractivity contribution >= 4 is 38.3 Å². The van der Waals surface area contributed by atoms with E-state index in [9.17, 15) is 14.9 Å². The summed E-state index contributed by atoms with van der Waals surface area (Å²) in [5.41, 5.74) is 1.62. The average molecular weight is 347 g/mol. The predicted octanol–water partition coefficient (Wildman–Crippen LogP) is 2.36. The third-order valence-electron chi connectivity index (χ3n) is 3.20. The van der Waals surface area contributed by atoms with Gasteiger partial charge >= 0.3 is 11.6 Å². The van der Waals surface area contributed by atoms with E-state index >= 15 is 0 Å². The highest BCUT2D eigenvalue weighted by atomic mass is 32.1. The lowest BCUT2D eigenvalue weighted by Crippen LogP contribution is -2.18. The Morgan fingerprint density at radius 1 is 1.50 bits per heavy atom. The van der Waals surface area contributed by atoms with Gasteiger partial charge in [0.2, 0.25) is 5.91 Å². The van der Waals surface area contributed by atoms with E-state index in [4.69, 9.17) is 4.74 Å². The first kappa shape index (κ1) is 15.9. The first-order valence-electron chi connectivity index (χ1n) is 6.89. The van der Waals surface area contributed by atoms with Crippen molar-refractivity contribution in [2.75, 3.05) is 12.4 Å². The van der Waals surface area contributed by atoms with Crippen LogP contribution in [0.2, 0.25) is 0 Å². The number of hydrogen-bond acceptors (Lipinski definition) is 7. The van der Waals surface area contributed by atoms with Crippen molar-refractivity contribution in [3.8, 4) is 5.88 Å². The summed E-state index contributed by atoms with van der Waals surface area (Å²) in [6.07, 6.45) is 1.15. The standard InChI is InChI=1S/C14H13N5O4S/c1-8-3-4-9-11(5-8)24-14(15-9)16-12(20)7-18-6-10(19(21)22)13(17-18)23-2/h3-6H,7H2,1-2H3,(H,15,16,20). The number of amides is 1. The SMILES string of the molecule is COc1nn(CC(=O)Nc2nc3ccc(C)cc3s2)cc1[N+](=O)[O-]. The molecule has 1 aromatic carbocycles. The van der Waals surface area contributed by atoms with Crippen LogP contribution in [0.3, 0.4) is 0 Å². The number of methoxy groups -OCH3 is 1. The molecule has 0 saturated heterocycles. The van der Waals surface area contributed by atoms with E-state index in [1.807, 2.05) is 25.1 Å². The second-order valence-corrected chi connectivity index (χ2v) is 6.05. The van der Waals surface area contributed by atoms with Crippen LogP contribution < -0.4 is 10.1 Å². The smallest absolute Gasteiger partial charge is 0.350 e. The number of benzene rings is 1. The van der Waals surface area contributed by atoms with Crippen molar-refractivity contribution in [2.24, 2.45) is 0 Å². The van der Waals surface area contributed by atoms with Crippen molar-refractivity contribution in [1.82, 2.24) is 14.8 Å². The van der Waals surface area contributed by atoms with Gasteiger partial charge in [-0.05, 0) is 24.6 Å². The van der Waals surface area contributed by atoms with Crippen LogP contribution in [0, 0.1) is 17.0 Å². The first-order chi connectivity index (χ1) is 11.5. The molecule has 3 rings (SSSR count). The summed E-state index contributed by atoms with van der Waals surface area (Å²) in [6, 6.07) is 5.83. The van der Waals surface area contributed by atoms with Crippen molar-refractivity contribution in [3.63, 3.8) is 0 Å². The zero-order valence-corrected chi connectivity index (χ0v) is 13.7. The Kier molecular flexibility index (Phi) is 4.13. The molecule has 0 bridgehead atoms. The summed E-state index contributed by atoms with van der Waals surface area (Å²) in [7, 11) is 1.28. The molecule has 1 N–H and O–H groups in total. The second kappa shape index (κ2) is 6.24.